The first-order valence-corrected chi connectivity index (χ1v) is 13.2. The molecule has 0 radical (unpaired) electrons. The maximum absolute atomic E-state index is 13.4. The van der Waals surface area contributed by atoms with E-state index in [0.717, 1.165) is 4.90 Å². The summed E-state index contributed by atoms with van der Waals surface area (Å²) in [5.74, 6) is -2.86. The summed E-state index contributed by atoms with van der Waals surface area (Å²) in [6.45, 7) is 2.18. The molecule has 10 nitrogen and oxygen atoms in total. The van der Waals surface area contributed by atoms with Gasteiger partial charge in [-0.25, -0.2) is 9.59 Å². The predicted molar refractivity (Wildman–Crippen MR) is 158 cm³/mol. The summed E-state index contributed by atoms with van der Waals surface area (Å²) in [5.41, 5.74) is 1.20. The molecule has 0 spiro atoms. The van der Waals surface area contributed by atoms with Gasteiger partial charge in [0.25, 0.3) is 11.8 Å². The van der Waals surface area contributed by atoms with E-state index in [2.05, 4.69) is 5.32 Å². The molecule has 40 heavy (non-hydrogen) atoms. The molecular weight excluding hydrogens is 651 g/mol. The predicted octanol–water partition coefficient (Wildman–Crippen LogP) is 4.50. The van der Waals surface area contributed by atoms with Gasteiger partial charge in [-0.15, -0.1) is 0 Å². The summed E-state index contributed by atoms with van der Waals surface area (Å²) >= 11 is 7.24. The van der Waals surface area contributed by atoms with Gasteiger partial charge in [0, 0.05) is 0 Å². The minimum atomic E-state index is -1.17. The fraction of sp³-hybridized carbons (Fsp3) is 0.107. The van der Waals surface area contributed by atoms with E-state index in [1.807, 2.05) is 22.6 Å². The maximum atomic E-state index is 13.4. The molecule has 3 aromatic rings. The number of thiocarbonyl (C=S) groups is 1. The lowest BCUT2D eigenvalue weighted by Gasteiger charge is -2.29. The number of carbonyl (C=O) groups excluding carboxylic acids is 2. The van der Waals surface area contributed by atoms with Gasteiger partial charge in [0.05, 0.1) is 27.0 Å². The highest BCUT2D eigenvalue weighted by molar-refractivity contribution is 14.1. The van der Waals surface area contributed by atoms with Gasteiger partial charge in [-0.1, -0.05) is 18.2 Å². The smallest absolute Gasteiger partial charge is 0.335 e. The van der Waals surface area contributed by atoms with Crippen LogP contribution in [0.25, 0.3) is 6.08 Å². The fourth-order valence-electron chi connectivity index (χ4n) is 3.86. The lowest BCUT2D eigenvalue weighted by molar-refractivity contribution is -0.122. The highest BCUT2D eigenvalue weighted by Crippen LogP contribution is 2.36. The molecule has 1 fully saturated rings. The molecule has 1 aliphatic rings. The summed E-state index contributed by atoms with van der Waals surface area (Å²) < 4.78 is 12.4. The second-order valence-electron chi connectivity index (χ2n) is 8.37. The van der Waals surface area contributed by atoms with Gasteiger partial charge in [0.2, 0.25) is 0 Å². The molecule has 0 aromatic heterocycles. The van der Waals surface area contributed by atoms with Crippen LogP contribution in [0.4, 0.5) is 5.69 Å². The zero-order valence-electron chi connectivity index (χ0n) is 20.8. The molecule has 204 valence electrons. The normalized spacial score (nSPS) is 14.2. The molecule has 0 aliphatic carbocycles. The van der Waals surface area contributed by atoms with Crippen molar-refractivity contribution in [3.05, 3.63) is 92.1 Å². The van der Waals surface area contributed by atoms with Crippen LogP contribution in [0.1, 0.15) is 38.8 Å². The Balaban J connectivity index is 1.66. The molecule has 4 rings (SSSR count). The number of carboxylic acids is 2. The van der Waals surface area contributed by atoms with Crippen LogP contribution < -0.4 is 19.7 Å². The van der Waals surface area contributed by atoms with Crippen LogP contribution in [-0.2, 0) is 16.2 Å². The van der Waals surface area contributed by atoms with Gasteiger partial charge in [-0.3, -0.25) is 19.8 Å². The lowest BCUT2D eigenvalue weighted by atomic mass is 10.1. The Bertz CT molecular complexity index is 1590. The highest BCUT2D eigenvalue weighted by Gasteiger charge is 2.35. The van der Waals surface area contributed by atoms with E-state index in [9.17, 15) is 29.4 Å². The molecule has 2 amide bonds. The molecule has 0 bridgehead atoms. The molecule has 12 heteroatoms. The first-order valence-electron chi connectivity index (χ1n) is 11.7. The van der Waals surface area contributed by atoms with Gasteiger partial charge in [0.1, 0.15) is 12.2 Å². The fourth-order valence-corrected chi connectivity index (χ4v) is 4.92. The molecule has 0 saturated carbocycles. The SMILES string of the molecule is CCOc1cc(C=C2C(=O)NC(=S)N(c3cccc(C(=O)O)c3)C2=O)cc(I)c1OCc1cccc(C(=O)O)c1. The quantitative estimate of drug-likeness (QED) is 0.130. The van der Waals surface area contributed by atoms with E-state index < -0.39 is 23.8 Å². The minimum Gasteiger partial charge on any atom is -0.490 e. The summed E-state index contributed by atoms with van der Waals surface area (Å²) in [6, 6.07) is 15.3. The number of carboxylic acid groups (broad SMARTS) is 2. The molecule has 3 aromatic carbocycles. The molecular formula is C28H21IN2O8S. The number of carbonyl (C=O) groups is 4. The number of aromatic carboxylic acids is 2. The number of nitrogens with one attached hydrogen (secondary N) is 1. The molecule has 0 unspecified atom stereocenters. The third-order valence-corrected chi connectivity index (χ3v) is 6.74. The minimum absolute atomic E-state index is 0.0447. The van der Waals surface area contributed by atoms with Crippen LogP contribution >= 0.6 is 34.8 Å². The number of halogens is 1. The molecule has 0 atom stereocenters. The van der Waals surface area contributed by atoms with Crippen molar-refractivity contribution in [3.8, 4) is 11.5 Å². The maximum Gasteiger partial charge on any atom is 0.335 e. The van der Waals surface area contributed by atoms with Gasteiger partial charge in [0.15, 0.2) is 16.6 Å². The van der Waals surface area contributed by atoms with E-state index >= 15 is 0 Å². The first-order chi connectivity index (χ1) is 19.1. The van der Waals surface area contributed by atoms with Gasteiger partial charge in [-0.05, 0) is 101 Å². The Labute approximate surface area is 247 Å². The van der Waals surface area contributed by atoms with Crippen molar-refractivity contribution in [2.24, 2.45) is 0 Å². The summed E-state index contributed by atoms with van der Waals surface area (Å²) in [6.07, 6.45) is 1.39. The van der Waals surface area contributed by atoms with E-state index in [0.29, 0.717) is 32.8 Å². The van der Waals surface area contributed by atoms with Crippen molar-refractivity contribution < 1.29 is 38.9 Å². The number of hydrogen-bond donors (Lipinski definition) is 3. The standard InChI is InChI=1S/C28H21IN2O8S/c1-2-38-22-12-16(11-21(29)23(22)39-14-15-5-3-6-17(9-15)26(34)35)10-20-24(32)30-28(40)31(25(20)33)19-8-4-7-18(13-19)27(36)37/h3-13H,2,14H2,1H3,(H,34,35)(H,36,37)(H,30,32,40). The number of ether oxygens (including phenoxy) is 2. The third kappa shape index (κ3) is 6.29. The van der Waals surface area contributed by atoms with Crippen molar-refractivity contribution in [1.29, 1.82) is 0 Å². The van der Waals surface area contributed by atoms with E-state index in [1.54, 1.807) is 31.2 Å². The largest absolute Gasteiger partial charge is 0.490 e. The van der Waals surface area contributed by atoms with Crippen LogP contribution in [0, 0.1) is 3.57 Å². The number of nitrogens with zero attached hydrogens (tertiary/aromatic N) is 1. The summed E-state index contributed by atoms with van der Waals surface area (Å²) in [5, 5.41) is 20.9. The Kier molecular flexibility index (Phi) is 8.80. The van der Waals surface area contributed by atoms with Crippen molar-refractivity contribution in [2.75, 3.05) is 11.5 Å². The Morgan fingerprint density at radius 2 is 1.68 bits per heavy atom. The second-order valence-corrected chi connectivity index (χ2v) is 9.92. The van der Waals surface area contributed by atoms with Crippen molar-refractivity contribution in [2.45, 2.75) is 13.5 Å². The Morgan fingerprint density at radius 1 is 1.00 bits per heavy atom. The first kappa shape index (κ1) is 28.7. The van der Waals surface area contributed by atoms with Crippen molar-refractivity contribution in [3.63, 3.8) is 0 Å². The van der Waals surface area contributed by atoms with Crippen LogP contribution in [0.5, 0.6) is 11.5 Å². The number of hydrogen-bond acceptors (Lipinski definition) is 7. The summed E-state index contributed by atoms with van der Waals surface area (Å²) in [4.78, 5) is 49.9. The topological polar surface area (TPSA) is 142 Å². The Morgan fingerprint density at radius 3 is 2.35 bits per heavy atom. The average molecular weight is 672 g/mol. The van der Waals surface area contributed by atoms with Crippen LogP contribution in [0.3, 0.4) is 0 Å². The van der Waals surface area contributed by atoms with Gasteiger partial charge < -0.3 is 19.7 Å². The van der Waals surface area contributed by atoms with Crippen LogP contribution in [0.15, 0.2) is 66.2 Å². The van der Waals surface area contributed by atoms with E-state index in [4.69, 9.17) is 21.7 Å². The summed E-state index contributed by atoms with van der Waals surface area (Å²) in [7, 11) is 0. The Hall–Kier alpha value is -4.30. The monoisotopic (exact) mass is 672 g/mol. The zero-order chi connectivity index (χ0) is 29.0. The molecule has 1 heterocycles. The molecule has 3 N–H and O–H groups in total. The van der Waals surface area contributed by atoms with E-state index in [1.165, 1.54) is 42.5 Å². The van der Waals surface area contributed by atoms with Crippen molar-refractivity contribution >= 4 is 75.4 Å². The van der Waals surface area contributed by atoms with Crippen LogP contribution in [-0.4, -0.2) is 45.7 Å². The van der Waals surface area contributed by atoms with E-state index in [-0.39, 0.29) is 34.1 Å². The van der Waals surface area contributed by atoms with Gasteiger partial charge >= 0.3 is 11.9 Å². The molecule has 1 saturated heterocycles. The van der Waals surface area contributed by atoms with Gasteiger partial charge in [-0.2, -0.15) is 0 Å². The zero-order valence-corrected chi connectivity index (χ0v) is 23.8. The second kappa shape index (κ2) is 12.3. The third-order valence-electron chi connectivity index (χ3n) is 5.65. The van der Waals surface area contributed by atoms with Crippen LogP contribution in [0.2, 0.25) is 0 Å². The number of rotatable bonds is 9. The lowest BCUT2D eigenvalue weighted by Crippen LogP contribution is -2.54. The number of anilines is 1. The molecule has 1 aliphatic heterocycles. The van der Waals surface area contributed by atoms with Crippen molar-refractivity contribution in [1.82, 2.24) is 5.32 Å². The number of benzene rings is 3. The average Bonchev–Trinajstić information content (AvgIpc) is 2.91. The highest BCUT2D eigenvalue weighted by atomic mass is 127. The number of amides is 2.